The Kier molecular flexibility index (Phi) is 8.35. The van der Waals surface area contributed by atoms with Crippen LogP contribution in [0.1, 0.15) is 20.3 Å². The molecule has 0 saturated heterocycles. The van der Waals surface area contributed by atoms with E-state index in [2.05, 4.69) is 10.6 Å². The fourth-order valence-electron chi connectivity index (χ4n) is 1.15. The van der Waals surface area contributed by atoms with Crippen molar-refractivity contribution in [1.29, 1.82) is 0 Å². The van der Waals surface area contributed by atoms with Gasteiger partial charge in [0.25, 0.3) is 0 Å². The third-order valence-corrected chi connectivity index (χ3v) is 2.61. The van der Waals surface area contributed by atoms with Gasteiger partial charge >= 0.3 is 0 Å². The van der Waals surface area contributed by atoms with Crippen LogP contribution in [0.5, 0.6) is 0 Å². The number of methoxy groups -OCH3 is 1. The molecule has 0 aliphatic carbocycles. The summed E-state index contributed by atoms with van der Waals surface area (Å²) in [6, 6.07) is -0.563. The van der Waals surface area contributed by atoms with E-state index < -0.39 is 6.04 Å². The molecular weight excluding hydrogens is 222 g/mol. The van der Waals surface area contributed by atoms with Gasteiger partial charge in [0.1, 0.15) is 0 Å². The van der Waals surface area contributed by atoms with Crippen LogP contribution < -0.4 is 16.4 Å². The van der Waals surface area contributed by atoms with Crippen LogP contribution in [0.2, 0.25) is 0 Å². The molecule has 0 unspecified atom stereocenters. The zero-order valence-electron chi connectivity index (χ0n) is 10.8. The summed E-state index contributed by atoms with van der Waals surface area (Å²) in [4.78, 5) is 22.8. The average Bonchev–Trinajstić information content (AvgIpc) is 2.34. The minimum atomic E-state index is -0.563. The van der Waals surface area contributed by atoms with Gasteiger partial charge in [-0.05, 0) is 5.92 Å². The summed E-state index contributed by atoms with van der Waals surface area (Å²) in [6.45, 7) is 4.71. The Labute approximate surface area is 102 Å². The Bertz CT molecular complexity index is 246. The van der Waals surface area contributed by atoms with E-state index in [0.29, 0.717) is 13.2 Å². The lowest BCUT2D eigenvalue weighted by molar-refractivity contribution is -0.127. The van der Waals surface area contributed by atoms with Crippen LogP contribution >= 0.6 is 0 Å². The first kappa shape index (κ1) is 15.9. The van der Waals surface area contributed by atoms with Crippen LogP contribution in [-0.2, 0) is 14.3 Å². The SMILES string of the molecule is CC[C@H](C)[C@H](N)C(=O)NCC(=O)NCCOC. The lowest BCUT2D eigenvalue weighted by atomic mass is 9.99. The first-order valence-corrected chi connectivity index (χ1v) is 5.81. The van der Waals surface area contributed by atoms with Gasteiger partial charge in [-0.3, -0.25) is 9.59 Å². The van der Waals surface area contributed by atoms with Gasteiger partial charge in [0, 0.05) is 13.7 Å². The molecule has 2 atom stereocenters. The maximum absolute atomic E-state index is 11.5. The minimum absolute atomic E-state index is 0.0489. The van der Waals surface area contributed by atoms with Crippen LogP contribution in [0.3, 0.4) is 0 Å². The van der Waals surface area contributed by atoms with Gasteiger partial charge in [0.05, 0.1) is 19.2 Å². The van der Waals surface area contributed by atoms with E-state index >= 15 is 0 Å². The van der Waals surface area contributed by atoms with Crippen molar-refractivity contribution in [1.82, 2.24) is 10.6 Å². The van der Waals surface area contributed by atoms with E-state index in [4.69, 9.17) is 10.5 Å². The van der Waals surface area contributed by atoms with Gasteiger partial charge in [0.15, 0.2) is 0 Å². The lowest BCUT2D eigenvalue weighted by Crippen LogP contribution is -2.47. The number of nitrogens with one attached hydrogen (secondary N) is 2. The zero-order chi connectivity index (χ0) is 13.3. The summed E-state index contributed by atoms with van der Waals surface area (Å²) >= 11 is 0. The van der Waals surface area contributed by atoms with Gasteiger partial charge in [-0.15, -0.1) is 0 Å². The summed E-state index contributed by atoms with van der Waals surface area (Å²) in [6.07, 6.45) is 0.828. The standard InChI is InChI=1S/C11H23N3O3/c1-4-8(2)10(12)11(16)14-7-9(15)13-5-6-17-3/h8,10H,4-7,12H2,1-3H3,(H,13,15)(H,14,16)/t8-,10-/m0/s1. The maximum Gasteiger partial charge on any atom is 0.239 e. The summed E-state index contributed by atoms with van der Waals surface area (Å²) < 4.78 is 4.78. The molecule has 0 aromatic carbocycles. The van der Waals surface area contributed by atoms with Gasteiger partial charge in [-0.25, -0.2) is 0 Å². The second kappa shape index (κ2) is 8.95. The first-order chi connectivity index (χ1) is 8.02. The molecule has 0 aliphatic rings. The summed E-state index contributed by atoms with van der Waals surface area (Å²) in [5.41, 5.74) is 5.72. The van der Waals surface area contributed by atoms with Crippen LogP contribution in [-0.4, -0.2) is 44.7 Å². The van der Waals surface area contributed by atoms with Crippen LogP contribution in [0, 0.1) is 5.92 Å². The van der Waals surface area contributed by atoms with E-state index in [1.165, 1.54) is 0 Å². The molecule has 0 rings (SSSR count). The second-order valence-corrected chi connectivity index (χ2v) is 3.97. The highest BCUT2D eigenvalue weighted by molar-refractivity contribution is 5.87. The molecule has 0 radical (unpaired) electrons. The van der Waals surface area contributed by atoms with Gasteiger partial charge < -0.3 is 21.1 Å². The van der Waals surface area contributed by atoms with Crippen molar-refractivity contribution in [2.75, 3.05) is 26.8 Å². The molecule has 100 valence electrons. The number of rotatable bonds is 8. The topological polar surface area (TPSA) is 93.5 Å². The van der Waals surface area contributed by atoms with Crippen molar-refractivity contribution in [3.8, 4) is 0 Å². The zero-order valence-corrected chi connectivity index (χ0v) is 10.8. The number of hydrogen-bond donors (Lipinski definition) is 3. The van der Waals surface area contributed by atoms with E-state index in [1.807, 2.05) is 13.8 Å². The highest BCUT2D eigenvalue weighted by Gasteiger charge is 2.19. The van der Waals surface area contributed by atoms with Crippen molar-refractivity contribution in [2.24, 2.45) is 11.7 Å². The predicted octanol–water partition coefficient (Wildman–Crippen LogP) is -0.761. The van der Waals surface area contributed by atoms with E-state index in [-0.39, 0.29) is 24.3 Å². The highest BCUT2D eigenvalue weighted by Crippen LogP contribution is 2.04. The summed E-state index contributed by atoms with van der Waals surface area (Å²) in [5, 5.41) is 5.11. The smallest absolute Gasteiger partial charge is 0.239 e. The third kappa shape index (κ3) is 6.91. The molecule has 0 aromatic heterocycles. The van der Waals surface area contributed by atoms with E-state index in [1.54, 1.807) is 7.11 Å². The normalized spacial score (nSPS) is 13.9. The number of carbonyl (C=O) groups excluding carboxylic acids is 2. The number of hydrogen-bond acceptors (Lipinski definition) is 4. The largest absolute Gasteiger partial charge is 0.383 e. The lowest BCUT2D eigenvalue weighted by Gasteiger charge is -2.17. The van der Waals surface area contributed by atoms with Gasteiger partial charge in [-0.1, -0.05) is 20.3 Å². The van der Waals surface area contributed by atoms with Crippen LogP contribution in [0.15, 0.2) is 0 Å². The molecular formula is C11H23N3O3. The monoisotopic (exact) mass is 245 g/mol. The number of ether oxygens (including phenoxy) is 1. The molecule has 6 heteroatoms. The second-order valence-electron chi connectivity index (χ2n) is 3.97. The molecule has 0 bridgehead atoms. The molecule has 0 aliphatic heterocycles. The minimum Gasteiger partial charge on any atom is -0.383 e. The number of nitrogens with two attached hydrogens (primary N) is 1. The molecule has 0 saturated carbocycles. The Morgan fingerprint density at radius 3 is 2.53 bits per heavy atom. The Morgan fingerprint density at radius 1 is 1.35 bits per heavy atom. The molecule has 0 fully saturated rings. The Morgan fingerprint density at radius 2 is 2.00 bits per heavy atom. The van der Waals surface area contributed by atoms with Crippen LogP contribution in [0.4, 0.5) is 0 Å². The molecule has 2 amide bonds. The molecule has 0 aromatic rings. The number of amides is 2. The first-order valence-electron chi connectivity index (χ1n) is 5.81. The highest BCUT2D eigenvalue weighted by atomic mass is 16.5. The van der Waals surface area contributed by atoms with Crippen molar-refractivity contribution in [2.45, 2.75) is 26.3 Å². The summed E-state index contributed by atoms with van der Waals surface area (Å²) in [5.74, 6) is -0.431. The molecule has 0 spiro atoms. The Hall–Kier alpha value is -1.14. The molecule has 0 heterocycles. The predicted molar refractivity (Wildman–Crippen MR) is 65.3 cm³/mol. The van der Waals surface area contributed by atoms with E-state index in [9.17, 15) is 9.59 Å². The van der Waals surface area contributed by atoms with Gasteiger partial charge in [-0.2, -0.15) is 0 Å². The van der Waals surface area contributed by atoms with Crippen molar-refractivity contribution in [3.63, 3.8) is 0 Å². The fraction of sp³-hybridized carbons (Fsp3) is 0.818. The maximum atomic E-state index is 11.5. The van der Waals surface area contributed by atoms with Crippen molar-refractivity contribution >= 4 is 11.8 Å². The average molecular weight is 245 g/mol. The molecule has 17 heavy (non-hydrogen) atoms. The Balaban J connectivity index is 3.79. The number of carbonyl (C=O) groups is 2. The third-order valence-electron chi connectivity index (χ3n) is 2.61. The molecule has 6 nitrogen and oxygen atoms in total. The molecule has 4 N–H and O–H groups in total. The summed E-state index contributed by atoms with van der Waals surface area (Å²) in [7, 11) is 1.55. The van der Waals surface area contributed by atoms with E-state index in [0.717, 1.165) is 6.42 Å². The van der Waals surface area contributed by atoms with Crippen LogP contribution in [0.25, 0.3) is 0 Å². The van der Waals surface area contributed by atoms with Crippen molar-refractivity contribution < 1.29 is 14.3 Å². The van der Waals surface area contributed by atoms with Crippen molar-refractivity contribution in [3.05, 3.63) is 0 Å². The van der Waals surface area contributed by atoms with Gasteiger partial charge in [0.2, 0.25) is 11.8 Å². The fourth-order valence-corrected chi connectivity index (χ4v) is 1.15. The quantitative estimate of drug-likeness (QED) is 0.490.